The second-order valence-electron chi connectivity index (χ2n) is 3.76. The maximum atomic E-state index is 8.93. The monoisotopic (exact) mass is 235 g/mol. The number of hydrogen-bond donors (Lipinski definition) is 2. The number of fused-ring (bicyclic) bond motifs is 1. The minimum absolute atomic E-state index is 0.0223. The normalized spacial score (nSPS) is 11.2. The number of nitrogens with one attached hydrogen (secondary N) is 2. The first-order valence-electron chi connectivity index (χ1n) is 5.37. The first-order valence-corrected chi connectivity index (χ1v) is 5.37. The van der Waals surface area contributed by atoms with Crippen molar-refractivity contribution < 1.29 is 0 Å². The molecule has 1 aliphatic heterocycles. The summed E-state index contributed by atoms with van der Waals surface area (Å²) >= 11 is 0. The molecule has 86 valence electrons. The van der Waals surface area contributed by atoms with E-state index in [1.54, 1.807) is 18.2 Å². The van der Waals surface area contributed by atoms with E-state index in [4.69, 9.17) is 15.8 Å². The standard InChI is InChI=1S/C13H9N5/c14-6-10(7-15)13(8-16)18-11-1-2-12-9(5-11)3-4-17-12/h1-2,5,17-18H,3-4H2. The zero-order valence-electron chi connectivity index (χ0n) is 9.49. The van der Waals surface area contributed by atoms with Crippen molar-refractivity contribution >= 4 is 11.4 Å². The van der Waals surface area contributed by atoms with Gasteiger partial charge < -0.3 is 10.6 Å². The lowest BCUT2D eigenvalue weighted by Gasteiger charge is -2.06. The van der Waals surface area contributed by atoms with Gasteiger partial charge in [-0.05, 0) is 30.2 Å². The van der Waals surface area contributed by atoms with Crippen LogP contribution in [0.5, 0.6) is 0 Å². The molecule has 1 aromatic carbocycles. The van der Waals surface area contributed by atoms with Crippen LogP contribution in [0, 0.1) is 34.0 Å². The molecule has 0 fully saturated rings. The van der Waals surface area contributed by atoms with Gasteiger partial charge in [-0.3, -0.25) is 0 Å². The number of nitrogens with zero attached hydrogens (tertiary/aromatic N) is 3. The molecule has 0 radical (unpaired) electrons. The van der Waals surface area contributed by atoms with Crippen LogP contribution in [0.4, 0.5) is 11.4 Å². The Morgan fingerprint density at radius 3 is 2.61 bits per heavy atom. The molecule has 0 spiro atoms. The molecule has 0 saturated heterocycles. The minimum Gasteiger partial charge on any atom is -0.384 e. The van der Waals surface area contributed by atoms with Crippen molar-refractivity contribution in [3.63, 3.8) is 0 Å². The van der Waals surface area contributed by atoms with Crippen LogP contribution in [-0.4, -0.2) is 6.54 Å². The summed E-state index contributed by atoms with van der Waals surface area (Å²) in [5.74, 6) is 0. The van der Waals surface area contributed by atoms with Gasteiger partial charge in [-0.1, -0.05) is 0 Å². The van der Waals surface area contributed by atoms with Gasteiger partial charge >= 0.3 is 0 Å². The SMILES string of the molecule is N#CC(C#N)=C(C#N)Nc1ccc2c(c1)CCN2. The van der Waals surface area contributed by atoms with E-state index in [9.17, 15) is 0 Å². The van der Waals surface area contributed by atoms with Crippen molar-refractivity contribution in [3.05, 3.63) is 35.0 Å². The van der Waals surface area contributed by atoms with E-state index in [0.29, 0.717) is 5.69 Å². The van der Waals surface area contributed by atoms with Crippen LogP contribution in [-0.2, 0) is 6.42 Å². The van der Waals surface area contributed by atoms with Crippen molar-refractivity contribution in [1.82, 2.24) is 0 Å². The molecule has 2 N–H and O–H groups in total. The topological polar surface area (TPSA) is 95.4 Å². The Balaban J connectivity index is 2.31. The summed E-state index contributed by atoms with van der Waals surface area (Å²) in [6, 6.07) is 10.9. The molecule has 1 aliphatic rings. The molecule has 0 aromatic heterocycles. The summed E-state index contributed by atoms with van der Waals surface area (Å²) in [4.78, 5) is 0. The maximum absolute atomic E-state index is 8.93. The fourth-order valence-electron chi connectivity index (χ4n) is 1.81. The first kappa shape index (κ1) is 11.5. The van der Waals surface area contributed by atoms with E-state index in [1.165, 1.54) is 0 Å². The Morgan fingerprint density at radius 2 is 1.94 bits per heavy atom. The number of hydrogen-bond acceptors (Lipinski definition) is 5. The lowest BCUT2D eigenvalue weighted by molar-refractivity contribution is 1.11. The van der Waals surface area contributed by atoms with Crippen LogP contribution < -0.4 is 10.6 Å². The van der Waals surface area contributed by atoms with E-state index < -0.39 is 0 Å². The Labute approximate surface area is 105 Å². The van der Waals surface area contributed by atoms with E-state index in [-0.39, 0.29) is 11.3 Å². The van der Waals surface area contributed by atoms with E-state index in [0.717, 1.165) is 24.2 Å². The molecule has 18 heavy (non-hydrogen) atoms. The van der Waals surface area contributed by atoms with Gasteiger partial charge in [0.15, 0.2) is 5.57 Å². The van der Waals surface area contributed by atoms with Crippen LogP contribution in [0.15, 0.2) is 29.5 Å². The second kappa shape index (κ2) is 4.91. The third-order valence-corrected chi connectivity index (χ3v) is 2.67. The molecule has 0 atom stereocenters. The van der Waals surface area contributed by atoms with Crippen LogP contribution in [0.2, 0.25) is 0 Å². The zero-order chi connectivity index (χ0) is 13.0. The van der Waals surface area contributed by atoms with E-state index in [1.807, 2.05) is 18.2 Å². The van der Waals surface area contributed by atoms with Gasteiger partial charge in [-0.15, -0.1) is 0 Å². The molecular weight excluding hydrogens is 226 g/mol. The lowest BCUT2D eigenvalue weighted by atomic mass is 10.1. The molecule has 1 heterocycles. The van der Waals surface area contributed by atoms with Crippen molar-refractivity contribution in [2.24, 2.45) is 0 Å². The molecule has 0 aliphatic carbocycles. The largest absolute Gasteiger partial charge is 0.384 e. The van der Waals surface area contributed by atoms with Gasteiger partial charge in [-0.2, -0.15) is 15.8 Å². The van der Waals surface area contributed by atoms with Crippen molar-refractivity contribution in [2.75, 3.05) is 17.2 Å². The minimum atomic E-state index is -0.212. The Kier molecular flexibility index (Phi) is 3.14. The fourth-order valence-corrected chi connectivity index (χ4v) is 1.81. The number of anilines is 2. The number of nitriles is 3. The predicted octanol–water partition coefficient (Wildman–Crippen LogP) is 1.89. The molecule has 5 heteroatoms. The summed E-state index contributed by atoms with van der Waals surface area (Å²) in [7, 11) is 0. The molecule has 0 amide bonds. The maximum Gasteiger partial charge on any atom is 0.163 e. The van der Waals surface area contributed by atoms with E-state index >= 15 is 0 Å². The van der Waals surface area contributed by atoms with Crippen LogP contribution in [0.1, 0.15) is 5.56 Å². The average molecular weight is 235 g/mol. The van der Waals surface area contributed by atoms with Gasteiger partial charge in [0.25, 0.3) is 0 Å². The van der Waals surface area contributed by atoms with Gasteiger partial charge in [0.1, 0.15) is 23.9 Å². The van der Waals surface area contributed by atoms with Gasteiger partial charge in [0.05, 0.1) is 0 Å². The Morgan fingerprint density at radius 1 is 1.17 bits per heavy atom. The highest BCUT2D eigenvalue weighted by atomic mass is 14.9. The van der Waals surface area contributed by atoms with Gasteiger partial charge in [-0.25, -0.2) is 0 Å². The van der Waals surface area contributed by atoms with Crippen LogP contribution in [0.25, 0.3) is 0 Å². The number of allylic oxidation sites excluding steroid dienone is 2. The predicted molar refractivity (Wildman–Crippen MR) is 66.1 cm³/mol. The number of benzene rings is 1. The molecule has 0 bridgehead atoms. The second-order valence-corrected chi connectivity index (χ2v) is 3.76. The Bertz CT molecular complexity index is 621. The zero-order valence-corrected chi connectivity index (χ0v) is 9.49. The van der Waals surface area contributed by atoms with Gasteiger partial charge in [0, 0.05) is 17.9 Å². The Hall–Kier alpha value is -2.97. The van der Waals surface area contributed by atoms with Gasteiger partial charge in [0.2, 0.25) is 0 Å². The molecule has 5 nitrogen and oxygen atoms in total. The highest BCUT2D eigenvalue weighted by Gasteiger charge is 2.11. The van der Waals surface area contributed by atoms with Crippen molar-refractivity contribution in [2.45, 2.75) is 6.42 Å². The van der Waals surface area contributed by atoms with Crippen LogP contribution >= 0.6 is 0 Å². The highest BCUT2D eigenvalue weighted by Crippen LogP contribution is 2.26. The summed E-state index contributed by atoms with van der Waals surface area (Å²) in [5, 5.41) is 32.4. The fraction of sp³-hybridized carbons (Fsp3) is 0.154. The summed E-state index contributed by atoms with van der Waals surface area (Å²) in [6.45, 7) is 0.904. The first-order chi connectivity index (χ1) is 8.78. The van der Waals surface area contributed by atoms with Crippen molar-refractivity contribution in [3.8, 4) is 18.2 Å². The third-order valence-electron chi connectivity index (χ3n) is 2.67. The lowest BCUT2D eigenvalue weighted by Crippen LogP contribution is -2.00. The van der Waals surface area contributed by atoms with E-state index in [2.05, 4.69) is 10.6 Å². The molecule has 0 unspecified atom stereocenters. The third kappa shape index (κ3) is 2.09. The molecule has 0 saturated carbocycles. The number of rotatable bonds is 2. The molecule has 1 aromatic rings. The quantitative estimate of drug-likeness (QED) is 0.763. The summed E-state index contributed by atoms with van der Waals surface area (Å²) in [6.07, 6.45) is 0.930. The van der Waals surface area contributed by atoms with Crippen LogP contribution in [0.3, 0.4) is 0 Å². The molecule has 2 rings (SSSR count). The highest BCUT2D eigenvalue weighted by molar-refractivity contribution is 5.65. The summed E-state index contributed by atoms with van der Waals surface area (Å²) in [5.41, 5.74) is 2.72. The van der Waals surface area contributed by atoms with Crippen molar-refractivity contribution in [1.29, 1.82) is 15.8 Å². The molecular formula is C13H9N5. The smallest absolute Gasteiger partial charge is 0.163 e. The summed E-state index contributed by atoms with van der Waals surface area (Å²) < 4.78 is 0. The average Bonchev–Trinajstić information content (AvgIpc) is 2.86.